The molecule has 0 saturated carbocycles. The van der Waals surface area contributed by atoms with E-state index in [2.05, 4.69) is 20.3 Å². The van der Waals surface area contributed by atoms with Crippen LogP contribution in [-0.4, -0.2) is 64.0 Å². The molecule has 0 aliphatic carbocycles. The Bertz CT molecular complexity index is 755. The number of rotatable bonds is 4. The third-order valence-corrected chi connectivity index (χ3v) is 5.35. The number of hydrogen-bond acceptors (Lipinski definition) is 5. The molecule has 4 rings (SSSR count). The average Bonchev–Trinajstić information content (AvgIpc) is 3.29. The van der Waals surface area contributed by atoms with E-state index < -0.39 is 0 Å². The molecule has 0 bridgehead atoms. The van der Waals surface area contributed by atoms with Gasteiger partial charge in [-0.15, -0.1) is 0 Å². The van der Waals surface area contributed by atoms with Crippen molar-refractivity contribution in [3.8, 4) is 5.82 Å². The second-order valence-corrected chi connectivity index (χ2v) is 7.02. The second kappa shape index (κ2) is 7.55. The third-order valence-electron chi connectivity index (χ3n) is 5.35. The maximum absolute atomic E-state index is 12.8. The van der Waals surface area contributed by atoms with Gasteiger partial charge in [0.1, 0.15) is 0 Å². The molecule has 2 saturated heterocycles. The quantitative estimate of drug-likeness (QED) is 0.901. The number of ether oxygens (including phenoxy) is 1. The number of amides is 1. The third kappa shape index (κ3) is 3.37. The minimum atomic E-state index is -0.0952. The van der Waals surface area contributed by atoms with E-state index in [1.807, 2.05) is 25.1 Å². The molecular formula is C19H25N5O2. The van der Waals surface area contributed by atoms with Gasteiger partial charge in [0, 0.05) is 6.20 Å². The molecule has 1 amide bonds. The molecule has 2 aromatic rings. The summed E-state index contributed by atoms with van der Waals surface area (Å²) < 4.78 is 7.37. The van der Waals surface area contributed by atoms with E-state index in [0.717, 1.165) is 18.8 Å². The molecule has 138 valence electrons. The van der Waals surface area contributed by atoms with E-state index in [1.165, 1.54) is 19.3 Å². The molecule has 1 N–H and O–H groups in total. The Kier molecular flexibility index (Phi) is 4.99. The van der Waals surface area contributed by atoms with Gasteiger partial charge in [-0.2, -0.15) is 5.10 Å². The number of hydrogen-bond donors (Lipinski definition) is 1. The monoisotopic (exact) mass is 355 g/mol. The van der Waals surface area contributed by atoms with E-state index in [0.29, 0.717) is 24.6 Å². The van der Waals surface area contributed by atoms with Crippen molar-refractivity contribution in [2.75, 3.05) is 26.3 Å². The Hall–Kier alpha value is -2.25. The lowest BCUT2D eigenvalue weighted by molar-refractivity contribution is 0.0899. The average molecular weight is 355 g/mol. The molecule has 0 spiro atoms. The molecular weight excluding hydrogens is 330 g/mol. The second-order valence-electron chi connectivity index (χ2n) is 7.02. The van der Waals surface area contributed by atoms with Crippen LogP contribution in [0, 0.1) is 6.92 Å². The Morgan fingerprint density at radius 2 is 2.08 bits per heavy atom. The van der Waals surface area contributed by atoms with Crippen molar-refractivity contribution >= 4 is 5.91 Å². The van der Waals surface area contributed by atoms with Gasteiger partial charge in [0.2, 0.25) is 0 Å². The molecule has 7 nitrogen and oxygen atoms in total. The Balaban J connectivity index is 1.47. The molecule has 7 heteroatoms. The van der Waals surface area contributed by atoms with Gasteiger partial charge in [0.25, 0.3) is 5.91 Å². The molecule has 0 aromatic carbocycles. The predicted octanol–water partition coefficient (Wildman–Crippen LogP) is 1.56. The molecule has 4 heterocycles. The SMILES string of the molecule is Cc1c(C(=O)N[C@H]2COC[C@@H]2N2CCCCC2)cnn1-c1ccccn1. The van der Waals surface area contributed by atoms with E-state index >= 15 is 0 Å². The first-order valence-electron chi connectivity index (χ1n) is 9.33. The number of likely N-dealkylation sites (tertiary alicyclic amines) is 1. The summed E-state index contributed by atoms with van der Waals surface area (Å²) in [6.07, 6.45) is 7.09. The van der Waals surface area contributed by atoms with Crippen molar-refractivity contribution in [3.63, 3.8) is 0 Å². The lowest BCUT2D eigenvalue weighted by Gasteiger charge is -2.34. The van der Waals surface area contributed by atoms with Crippen molar-refractivity contribution in [1.82, 2.24) is 25.0 Å². The number of carbonyl (C=O) groups is 1. The minimum absolute atomic E-state index is 0.0261. The molecule has 2 fully saturated rings. The van der Waals surface area contributed by atoms with Crippen LogP contribution in [0.25, 0.3) is 5.82 Å². The maximum atomic E-state index is 12.8. The van der Waals surface area contributed by atoms with Gasteiger partial charge in [-0.3, -0.25) is 9.69 Å². The van der Waals surface area contributed by atoms with Crippen LogP contribution >= 0.6 is 0 Å². The van der Waals surface area contributed by atoms with Crippen molar-refractivity contribution in [1.29, 1.82) is 0 Å². The fourth-order valence-corrected chi connectivity index (χ4v) is 3.88. The van der Waals surface area contributed by atoms with E-state index in [-0.39, 0.29) is 18.0 Å². The Labute approximate surface area is 153 Å². The molecule has 26 heavy (non-hydrogen) atoms. The first-order chi connectivity index (χ1) is 12.7. The molecule has 2 aliphatic rings. The molecule has 0 radical (unpaired) electrons. The minimum Gasteiger partial charge on any atom is -0.378 e. The topological polar surface area (TPSA) is 72.3 Å². The molecule has 0 unspecified atom stereocenters. The Morgan fingerprint density at radius 1 is 1.23 bits per heavy atom. The summed E-state index contributed by atoms with van der Waals surface area (Å²) >= 11 is 0. The first kappa shape index (κ1) is 17.2. The zero-order valence-corrected chi connectivity index (χ0v) is 15.1. The van der Waals surface area contributed by atoms with Gasteiger partial charge < -0.3 is 10.1 Å². The maximum Gasteiger partial charge on any atom is 0.255 e. The van der Waals surface area contributed by atoms with Crippen LogP contribution < -0.4 is 5.32 Å². The summed E-state index contributed by atoms with van der Waals surface area (Å²) in [6.45, 7) is 5.34. The lowest BCUT2D eigenvalue weighted by atomic mass is 10.0. The largest absolute Gasteiger partial charge is 0.378 e. The zero-order valence-electron chi connectivity index (χ0n) is 15.1. The predicted molar refractivity (Wildman–Crippen MR) is 97.4 cm³/mol. The highest BCUT2D eigenvalue weighted by molar-refractivity contribution is 5.95. The number of piperidine rings is 1. The smallest absolute Gasteiger partial charge is 0.255 e. The van der Waals surface area contributed by atoms with Crippen molar-refractivity contribution in [3.05, 3.63) is 41.9 Å². The van der Waals surface area contributed by atoms with Crippen LogP contribution in [0.15, 0.2) is 30.6 Å². The van der Waals surface area contributed by atoms with Gasteiger partial charge in [-0.1, -0.05) is 12.5 Å². The highest BCUT2D eigenvalue weighted by atomic mass is 16.5. The van der Waals surface area contributed by atoms with Crippen LogP contribution in [0.4, 0.5) is 0 Å². The van der Waals surface area contributed by atoms with Crippen LogP contribution in [0.3, 0.4) is 0 Å². The normalized spacial score (nSPS) is 23.9. The van der Waals surface area contributed by atoms with Gasteiger partial charge in [0.15, 0.2) is 5.82 Å². The summed E-state index contributed by atoms with van der Waals surface area (Å²) in [5.74, 6) is 0.613. The van der Waals surface area contributed by atoms with E-state index in [1.54, 1.807) is 17.1 Å². The standard InChI is InChI=1S/C19H25N5O2/c1-14-15(11-21-24(14)18-7-3-4-8-20-18)19(25)22-16-12-26-13-17(16)23-9-5-2-6-10-23/h3-4,7-8,11,16-17H,2,5-6,9-10,12-13H2,1H3,(H,22,25)/t16-,17-/m0/s1. The highest BCUT2D eigenvalue weighted by Crippen LogP contribution is 2.20. The Morgan fingerprint density at radius 3 is 2.85 bits per heavy atom. The van der Waals surface area contributed by atoms with Crippen LogP contribution in [0.5, 0.6) is 0 Å². The summed E-state index contributed by atoms with van der Waals surface area (Å²) in [7, 11) is 0. The van der Waals surface area contributed by atoms with Crippen LogP contribution in [0.1, 0.15) is 35.3 Å². The van der Waals surface area contributed by atoms with Crippen LogP contribution in [0.2, 0.25) is 0 Å². The van der Waals surface area contributed by atoms with Crippen molar-refractivity contribution in [2.45, 2.75) is 38.3 Å². The summed E-state index contributed by atoms with van der Waals surface area (Å²) in [6, 6.07) is 5.93. The van der Waals surface area contributed by atoms with Gasteiger partial charge >= 0.3 is 0 Å². The van der Waals surface area contributed by atoms with Crippen molar-refractivity contribution < 1.29 is 9.53 Å². The number of aromatic nitrogens is 3. The molecule has 2 atom stereocenters. The highest BCUT2D eigenvalue weighted by Gasteiger charge is 2.35. The summed E-state index contributed by atoms with van der Waals surface area (Å²) in [5.41, 5.74) is 1.37. The fraction of sp³-hybridized carbons (Fsp3) is 0.526. The summed E-state index contributed by atoms with van der Waals surface area (Å²) in [4.78, 5) is 19.6. The fourth-order valence-electron chi connectivity index (χ4n) is 3.88. The molecule has 2 aromatic heterocycles. The number of nitrogens with zero attached hydrogens (tertiary/aromatic N) is 4. The lowest BCUT2D eigenvalue weighted by Crippen LogP contribution is -2.52. The van der Waals surface area contributed by atoms with Gasteiger partial charge in [-0.25, -0.2) is 9.67 Å². The zero-order chi connectivity index (χ0) is 17.9. The van der Waals surface area contributed by atoms with Crippen LogP contribution in [-0.2, 0) is 4.74 Å². The van der Waals surface area contributed by atoms with Crippen molar-refractivity contribution in [2.24, 2.45) is 0 Å². The number of nitrogens with one attached hydrogen (secondary N) is 1. The van der Waals surface area contributed by atoms with E-state index in [9.17, 15) is 4.79 Å². The first-order valence-corrected chi connectivity index (χ1v) is 9.33. The van der Waals surface area contributed by atoms with Gasteiger partial charge in [-0.05, 0) is 45.0 Å². The van der Waals surface area contributed by atoms with E-state index in [4.69, 9.17) is 4.74 Å². The number of pyridine rings is 1. The summed E-state index contributed by atoms with van der Waals surface area (Å²) in [5, 5.41) is 7.51. The molecule has 2 aliphatic heterocycles. The number of carbonyl (C=O) groups excluding carboxylic acids is 1. The van der Waals surface area contributed by atoms with Gasteiger partial charge in [0.05, 0.1) is 42.8 Å².